The molecule has 2 N–H and O–H groups in total. The molecule has 0 amide bonds. The monoisotopic (exact) mass is 398 g/mol. The second kappa shape index (κ2) is 8.71. The fraction of sp³-hybridized carbons (Fsp3) is 0.150. The SMILES string of the molecule is CN/C=C\C(=N)Sc1ccc2c(=O)n(Cc3cc(OC)ccc3F)ncc2c1. The Hall–Kier alpha value is -3.13. The van der Waals surface area contributed by atoms with Crippen molar-refractivity contribution in [3.63, 3.8) is 0 Å². The van der Waals surface area contributed by atoms with Crippen molar-refractivity contribution in [3.8, 4) is 5.75 Å². The molecule has 0 atom stereocenters. The molecule has 28 heavy (non-hydrogen) atoms. The average Bonchev–Trinajstić information content (AvgIpc) is 2.70. The van der Waals surface area contributed by atoms with Crippen LogP contribution in [0.3, 0.4) is 0 Å². The van der Waals surface area contributed by atoms with E-state index in [0.717, 1.165) is 4.90 Å². The molecule has 0 saturated heterocycles. The summed E-state index contributed by atoms with van der Waals surface area (Å²) >= 11 is 1.27. The predicted molar refractivity (Wildman–Crippen MR) is 110 cm³/mol. The Morgan fingerprint density at radius 1 is 1.36 bits per heavy atom. The van der Waals surface area contributed by atoms with Gasteiger partial charge in [-0.05, 0) is 48.7 Å². The zero-order valence-electron chi connectivity index (χ0n) is 15.4. The van der Waals surface area contributed by atoms with Gasteiger partial charge in [-0.25, -0.2) is 9.07 Å². The van der Waals surface area contributed by atoms with Crippen LogP contribution in [0.15, 0.2) is 64.6 Å². The fourth-order valence-corrected chi connectivity index (χ4v) is 3.33. The van der Waals surface area contributed by atoms with Crippen molar-refractivity contribution in [1.82, 2.24) is 15.1 Å². The van der Waals surface area contributed by atoms with Crippen molar-refractivity contribution in [2.24, 2.45) is 0 Å². The van der Waals surface area contributed by atoms with Crippen LogP contribution in [0.5, 0.6) is 5.75 Å². The average molecular weight is 398 g/mol. The molecule has 0 unspecified atom stereocenters. The Kier molecular flexibility index (Phi) is 6.10. The van der Waals surface area contributed by atoms with Gasteiger partial charge in [-0.2, -0.15) is 5.10 Å². The summed E-state index contributed by atoms with van der Waals surface area (Å²) in [6.45, 7) is 0.00770. The Morgan fingerprint density at radius 3 is 2.93 bits per heavy atom. The number of nitrogens with zero attached hydrogens (tertiary/aromatic N) is 2. The number of nitrogens with one attached hydrogen (secondary N) is 2. The van der Waals surface area contributed by atoms with Crippen LogP contribution in [0.1, 0.15) is 5.56 Å². The van der Waals surface area contributed by atoms with E-state index in [-0.39, 0.29) is 12.1 Å². The van der Waals surface area contributed by atoms with Crippen molar-refractivity contribution in [1.29, 1.82) is 5.41 Å². The van der Waals surface area contributed by atoms with Gasteiger partial charge in [-0.3, -0.25) is 10.2 Å². The molecule has 0 saturated carbocycles. The van der Waals surface area contributed by atoms with Gasteiger partial charge in [-0.1, -0.05) is 11.8 Å². The van der Waals surface area contributed by atoms with Crippen LogP contribution in [0.2, 0.25) is 0 Å². The van der Waals surface area contributed by atoms with E-state index >= 15 is 0 Å². The first-order chi connectivity index (χ1) is 13.5. The van der Waals surface area contributed by atoms with E-state index in [4.69, 9.17) is 10.1 Å². The predicted octanol–water partition coefficient (Wildman–Crippen LogP) is 3.39. The van der Waals surface area contributed by atoms with Gasteiger partial charge >= 0.3 is 0 Å². The molecular formula is C20H19FN4O2S. The van der Waals surface area contributed by atoms with Crippen LogP contribution in [0.25, 0.3) is 10.8 Å². The highest BCUT2D eigenvalue weighted by Gasteiger charge is 2.10. The van der Waals surface area contributed by atoms with E-state index < -0.39 is 5.82 Å². The van der Waals surface area contributed by atoms with Crippen LogP contribution in [0.4, 0.5) is 4.39 Å². The molecule has 1 aromatic heterocycles. The molecule has 0 aliphatic rings. The van der Waals surface area contributed by atoms with Crippen molar-refractivity contribution in [2.75, 3.05) is 14.2 Å². The molecule has 3 aromatic rings. The maximum absolute atomic E-state index is 14.1. The van der Waals surface area contributed by atoms with Crippen molar-refractivity contribution in [2.45, 2.75) is 11.4 Å². The van der Waals surface area contributed by atoms with Crippen molar-refractivity contribution < 1.29 is 9.13 Å². The fourth-order valence-electron chi connectivity index (χ4n) is 2.62. The second-order valence-corrected chi connectivity index (χ2v) is 7.02. The van der Waals surface area contributed by atoms with Crippen LogP contribution in [-0.2, 0) is 6.54 Å². The maximum atomic E-state index is 14.1. The Bertz CT molecular complexity index is 1110. The lowest BCUT2D eigenvalue weighted by molar-refractivity contribution is 0.412. The topological polar surface area (TPSA) is 80.0 Å². The van der Waals surface area contributed by atoms with E-state index in [1.807, 2.05) is 6.07 Å². The minimum Gasteiger partial charge on any atom is -0.497 e. The summed E-state index contributed by atoms with van der Waals surface area (Å²) in [5.74, 6) is 0.0937. The molecule has 0 aliphatic carbocycles. The summed E-state index contributed by atoms with van der Waals surface area (Å²) in [5, 5.41) is 16.4. The van der Waals surface area contributed by atoms with E-state index in [1.165, 1.54) is 35.7 Å². The summed E-state index contributed by atoms with van der Waals surface area (Å²) in [7, 11) is 3.26. The lowest BCUT2D eigenvalue weighted by atomic mass is 10.2. The Morgan fingerprint density at radius 2 is 2.18 bits per heavy atom. The number of rotatable bonds is 6. The minimum atomic E-state index is -0.422. The van der Waals surface area contributed by atoms with Gasteiger partial charge in [0.05, 0.1) is 30.3 Å². The summed E-state index contributed by atoms with van der Waals surface area (Å²) < 4.78 is 20.4. The largest absolute Gasteiger partial charge is 0.497 e. The normalized spacial score (nSPS) is 11.1. The first-order valence-electron chi connectivity index (χ1n) is 8.44. The van der Waals surface area contributed by atoms with Gasteiger partial charge in [-0.15, -0.1) is 0 Å². The van der Waals surface area contributed by atoms with Gasteiger partial charge in [0.15, 0.2) is 0 Å². The number of methoxy groups -OCH3 is 1. The summed E-state index contributed by atoms with van der Waals surface area (Å²) in [4.78, 5) is 13.6. The molecule has 0 aliphatic heterocycles. The summed E-state index contributed by atoms with van der Waals surface area (Å²) in [5.41, 5.74) is 0.0201. The standard InChI is InChI=1S/C20H19FN4O2S/c1-23-8-7-19(22)28-16-4-5-17-13(10-16)11-24-25(20(17)26)12-14-9-15(27-2)3-6-18(14)21/h3-11,22-23H,12H2,1-2H3/b8-7-,22-19?. The number of fused-ring (bicyclic) bond motifs is 1. The smallest absolute Gasteiger partial charge is 0.274 e. The third-order valence-corrected chi connectivity index (χ3v) is 4.87. The number of hydrogen-bond acceptors (Lipinski definition) is 6. The first kappa shape index (κ1) is 19.6. The van der Waals surface area contributed by atoms with Crippen molar-refractivity contribution >= 4 is 27.6 Å². The summed E-state index contributed by atoms with van der Waals surface area (Å²) in [6, 6.07) is 9.69. The first-order valence-corrected chi connectivity index (χ1v) is 9.26. The number of benzene rings is 2. The number of ether oxygens (including phenoxy) is 1. The van der Waals surface area contributed by atoms with Crippen molar-refractivity contribution in [3.05, 3.63) is 76.6 Å². The molecule has 0 fully saturated rings. The number of aromatic nitrogens is 2. The minimum absolute atomic E-state index is 0.00770. The van der Waals surface area contributed by atoms with Crippen LogP contribution in [0, 0.1) is 11.2 Å². The van der Waals surface area contributed by atoms with Gasteiger partial charge in [0.1, 0.15) is 11.6 Å². The molecule has 0 spiro atoms. The van der Waals surface area contributed by atoms with E-state index in [1.54, 1.807) is 43.7 Å². The molecule has 2 aromatic carbocycles. The van der Waals surface area contributed by atoms with Crippen LogP contribution < -0.4 is 15.6 Å². The molecule has 0 bridgehead atoms. The molecule has 0 radical (unpaired) electrons. The van der Waals surface area contributed by atoms with Gasteiger partial charge in [0.25, 0.3) is 5.56 Å². The van der Waals surface area contributed by atoms with E-state index in [2.05, 4.69) is 10.4 Å². The lowest BCUT2D eigenvalue weighted by Crippen LogP contribution is -2.23. The Balaban J connectivity index is 1.90. The quantitative estimate of drug-likeness (QED) is 0.378. The van der Waals surface area contributed by atoms with Crippen LogP contribution >= 0.6 is 11.8 Å². The lowest BCUT2D eigenvalue weighted by Gasteiger charge is -2.09. The van der Waals surface area contributed by atoms with E-state index in [0.29, 0.717) is 27.1 Å². The second-order valence-electron chi connectivity index (χ2n) is 5.90. The molecule has 8 heteroatoms. The number of halogens is 1. The molecular weight excluding hydrogens is 379 g/mol. The number of thioether (sulfide) groups is 1. The summed E-state index contributed by atoms with van der Waals surface area (Å²) in [6.07, 6.45) is 4.90. The molecule has 144 valence electrons. The van der Waals surface area contributed by atoms with Gasteiger partial charge in [0, 0.05) is 22.9 Å². The molecule has 1 heterocycles. The Labute approximate surface area is 165 Å². The number of hydrogen-bond donors (Lipinski definition) is 2. The highest BCUT2D eigenvalue weighted by atomic mass is 32.2. The van der Waals surface area contributed by atoms with E-state index in [9.17, 15) is 9.18 Å². The third kappa shape index (κ3) is 4.40. The van der Waals surface area contributed by atoms with Crippen LogP contribution in [-0.4, -0.2) is 29.0 Å². The van der Waals surface area contributed by atoms with Gasteiger partial charge < -0.3 is 10.1 Å². The third-order valence-electron chi connectivity index (χ3n) is 4.03. The molecule has 3 rings (SSSR count). The highest BCUT2D eigenvalue weighted by Crippen LogP contribution is 2.23. The molecule has 6 nitrogen and oxygen atoms in total. The zero-order valence-corrected chi connectivity index (χ0v) is 16.2. The zero-order chi connectivity index (χ0) is 20.1. The van der Waals surface area contributed by atoms with Gasteiger partial charge in [0.2, 0.25) is 0 Å². The highest BCUT2D eigenvalue weighted by molar-refractivity contribution is 8.14. The maximum Gasteiger partial charge on any atom is 0.274 e.